The molecule has 1 heterocycles. The van der Waals surface area contributed by atoms with Gasteiger partial charge in [-0.25, -0.2) is 9.59 Å². The van der Waals surface area contributed by atoms with Gasteiger partial charge in [-0.3, -0.25) is 0 Å². The van der Waals surface area contributed by atoms with Crippen molar-refractivity contribution in [3.05, 3.63) is 59.0 Å². The Morgan fingerprint density at radius 1 is 1.13 bits per heavy atom. The Bertz CT molecular complexity index is 890. The number of rotatable bonds is 8. The number of carboxylic acids is 1. The zero-order valence-electron chi connectivity index (χ0n) is 17.8. The Morgan fingerprint density at radius 2 is 1.77 bits per heavy atom. The van der Waals surface area contributed by atoms with Crippen molar-refractivity contribution in [1.29, 1.82) is 0 Å². The van der Waals surface area contributed by atoms with E-state index < -0.39 is 18.4 Å². The van der Waals surface area contributed by atoms with Crippen molar-refractivity contribution >= 4 is 17.8 Å². The van der Waals surface area contributed by atoms with E-state index in [1.807, 2.05) is 39.0 Å². The van der Waals surface area contributed by atoms with Gasteiger partial charge in [0.05, 0.1) is 6.42 Å². The van der Waals surface area contributed by atoms with Crippen LogP contribution in [0, 0.1) is 0 Å². The summed E-state index contributed by atoms with van der Waals surface area (Å²) in [5, 5.41) is 9.48. The molecule has 0 saturated carbocycles. The number of hydrogen-bond donors (Lipinski definition) is 1. The molecule has 1 aromatic carbocycles. The highest BCUT2D eigenvalue weighted by Gasteiger charge is 2.29. The molecule has 0 atom stereocenters. The number of ether oxygens (including phenoxy) is 3. The van der Waals surface area contributed by atoms with Crippen LogP contribution < -0.4 is 0 Å². The molecule has 0 saturated heterocycles. The van der Waals surface area contributed by atoms with Gasteiger partial charge in [-0.05, 0) is 11.6 Å². The zero-order chi connectivity index (χ0) is 22.3. The van der Waals surface area contributed by atoms with Crippen LogP contribution in [0.15, 0.2) is 45.8 Å². The van der Waals surface area contributed by atoms with Crippen LogP contribution >= 0.6 is 0 Å². The topological polar surface area (TPSA) is 108 Å². The lowest BCUT2D eigenvalue weighted by atomic mass is 9.90. The van der Waals surface area contributed by atoms with Gasteiger partial charge in [-0.1, -0.05) is 51.1 Å². The van der Waals surface area contributed by atoms with Crippen molar-refractivity contribution in [2.75, 3.05) is 14.2 Å². The Morgan fingerprint density at radius 3 is 2.30 bits per heavy atom. The number of aliphatic imine (C=N–C) groups is 1. The lowest BCUT2D eigenvalue weighted by Crippen LogP contribution is -2.18. The first-order chi connectivity index (χ1) is 14.2. The highest BCUT2D eigenvalue weighted by Crippen LogP contribution is 2.34. The third kappa shape index (κ3) is 6.27. The lowest BCUT2D eigenvalue weighted by molar-refractivity contribution is -0.129. The fourth-order valence-corrected chi connectivity index (χ4v) is 2.85. The van der Waals surface area contributed by atoms with Crippen LogP contribution in [0.3, 0.4) is 0 Å². The largest absolute Gasteiger partial charge is 0.477 e. The van der Waals surface area contributed by atoms with Crippen molar-refractivity contribution < 1.29 is 33.3 Å². The number of carbonyl (C=O) groups excluding carboxylic acids is 1. The Hall–Kier alpha value is -2.97. The molecule has 0 unspecified atom stereocenters. The predicted molar refractivity (Wildman–Crippen MR) is 110 cm³/mol. The SMILES string of the molecule is COC(OC)c1cc(CC(=NC(=O)OCc2ccccc2)C(=O)O)oc1C(C)(C)C. The molecule has 2 aromatic rings. The van der Waals surface area contributed by atoms with Gasteiger partial charge < -0.3 is 23.7 Å². The summed E-state index contributed by atoms with van der Waals surface area (Å²) in [6.45, 7) is 5.86. The first-order valence-electron chi connectivity index (χ1n) is 9.36. The van der Waals surface area contributed by atoms with Crippen LogP contribution in [0.1, 0.15) is 49.7 Å². The third-order valence-corrected chi connectivity index (χ3v) is 4.20. The van der Waals surface area contributed by atoms with Crippen LogP contribution in [-0.2, 0) is 37.4 Å². The average molecular weight is 417 g/mol. The number of furan rings is 1. The first-order valence-corrected chi connectivity index (χ1v) is 9.36. The minimum Gasteiger partial charge on any atom is -0.477 e. The van der Waals surface area contributed by atoms with E-state index in [4.69, 9.17) is 18.6 Å². The number of benzene rings is 1. The van der Waals surface area contributed by atoms with E-state index in [2.05, 4.69) is 4.99 Å². The van der Waals surface area contributed by atoms with Crippen molar-refractivity contribution in [2.24, 2.45) is 4.99 Å². The van der Waals surface area contributed by atoms with Gasteiger partial charge in [-0.15, -0.1) is 0 Å². The molecule has 162 valence electrons. The van der Waals surface area contributed by atoms with Crippen LogP contribution in [0.25, 0.3) is 0 Å². The van der Waals surface area contributed by atoms with Gasteiger partial charge in [0.2, 0.25) is 0 Å². The highest BCUT2D eigenvalue weighted by molar-refractivity contribution is 6.37. The second-order valence-corrected chi connectivity index (χ2v) is 7.63. The molecule has 30 heavy (non-hydrogen) atoms. The molecule has 0 fully saturated rings. The molecule has 0 bridgehead atoms. The minimum atomic E-state index is -1.34. The normalized spacial score (nSPS) is 12.3. The summed E-state index contributed by atoms with van der Waals surface area (Å²) in [6, 6.07) is 10.7. The summed E-state index contributed by atoms with van der Waals surface area (Å²) < 4.78 is 21.6. The molecule has 1 amide bonds. The maximum atomic E-state index is 12.0. The van der Waals surface area contributed by atoms with E-state index in [9.17, 15) is 14.7 Å². The lowest BCUT2D eigenvalue weighted by Gasteiger charge is -2.20. The van der Waals surface area contributed by atoms with Crippen molar-refractivity contribution in [3.8, 4) is 0 Å². The van der Waals surface area contributed by atoms with Gasteiger partial charge >= 0.3 is 12.1 Å². The molecule has 1 aromatic heterocycles. The summed E-state index contributed by atoms with van der Waals surface area (Å²) in [7, 11) is 3.00. The van der Waals surface area contributed by atoms with Gasteiger partial charge in [0.25, 0.3) is 0 Å². The molecule has 1 N–H and O–H groups in total. The van der Waals surface area contributed by atoms with E-state index in [0.717, 1.165) is 5.56 Å². The molecule has 0 radical (unpaired) electrons. The van der Waals surface area contributed by atoms with Gasteiger partial charge in [0, 0.05) is 25.2 Å². The average Bonchev–Trinajstić information content (AvgIpc) is 3.12. The van der Waals surface area contributed by atoms with E-state index in [0.29, 0.717) is 17.1 Å². The first kappa shape index (κ1) is 23.3. The smallest absolute Gasteiger partial charge is 0.434 e. The zero-order valence-corrected chi connectivity index (χ0v) is 17.8. The maximum absolute atomic E-state index is 12.0. The summed E-state index contributed by atoms with van der Waals surface area (Å²) in [4.78, 5) is 27.2. The maximum Gasteiger partial charge on any atom is 0.434 e. The third-order valence-electron chi connectivity index (χ3n) is 4.20. The summed E-state index contributed by atoms with van der Waals surface area (Å²) in [5.74, 6) is -0.411. The van der Waals surface area contributed by atoms with Crippen LogP contribution in [-0.4, -0.2) is 37.1 Å². The monoisotopic (exact) mass is 417 g/mol. The second kappa shape index (κ2) is 10.2. The summed E-state index contributed by atoms with van der Waals surface area (Å²) >= 11 is 0. The number of aliphatic carboxylic acids is 1. The number of nitrogens with zero attached hydrogens (tertiary/aromatic N) is 1. The van der Waals surface area contributed by atoms with Crippen LogP contribution in [0.5, 0.6) is 0 Å². The highest BCUT2D eigenvalue weighted by atomic mass is 16.7. The van der Waals surface area contributed by atoms with Crippen molar-refractivity contribution in [2.45, 2.75) is 45.5 Å². The molecule has 0 aliphatic rings. The summed E-state index contributed by atoms with van der Waals surface area (Å²) in [6.07, 6.45) is -1.84. The van der Waals surface area contributed by atoms with Gasteiger partial charge in [-0.2, -0.15) is 4.99 Å². The molecule has 2 rings (SSSR count). The van der Waals surface area contributed by atoms with E-state index in [1.54, 1.807) is 18.2 Å². The Balaban J connectivity index is 2.22. The number of amides is 1. The van der Waals surface area contributed by atoms with Gasteiger partial charge in [0.1, 0.15) is 23.8 Å². The van der Waals surface area contributed by atoms with Crippen molar-refractivity contribution in [3.63, 3.8) is 0 Å². The number of hydrogen-bond acceptors (Lipinski definition) is 6. The number of carboxylic acid groups (broad SMARTS) is 1. The second-order valence-electron chi connectivity index (χ2n) is 7.63. The molecular formula is C22H27NO7. The van der Waals surface area contributed by atoms with Crippen LogP contribution in [0.2, 0.25) is 0 Å². The minimum absolute atomic E-state index is 0.00149. The molecule has 0 aliphatic heterocycles. The Labute approximate surface area is 175 Å². The van der Waals surface area contributed by atoms with Crippen molar-refractivity contribution in [1.82, 2.24) is 0 Å². The quantitative estimate of drug-likeness (QED) is 0.505. The molecule has 8 heteroatoms. The summed E-state index contributed by atoms with van der Waals surface area (Å²) in [5.41, 5.74) is 0.658. The van der Waals surface area contributed by atoms with E-state index in [-0.39, 0.29) is 24.2 Å². The van der Waals surface area contributed by atoms with E-state index >= 15 is 0 Å². The molecule has 0 spiro atoms. The molecule has 8 nitrogen and oxygen atoms in total. The number of carbonyl (C=O) groups is 2. The van der Waals surface area contributed by atoms with Gasteiger partial charge in [0.15, 0.2) is 6.29 Å². The fraction of sp³-hybridized carbons (Fsp3) is 0.409. The fourth-order valence-electron chi connectivity index (χ4n) is 2.85. The number of methoxy groups -OCH3 is 2. The predicted octanol–water partition coefficient (Wildman–Crippen LogP) is 4.27. The van der Waals surface area contributed by atoms with Crippen LogP contribution in [0.4, 0.5) is 4.79 Å². The Kier molecular flexibility index (Phi) is 7.91. The molecular weight excluding hydrogens is 390 g/mol. The molecule has 0 aliphatic carbocycles. The van der Waals surface area contributed by atoms with E-state index in [1.165, 1.54) is 14.2 Å². The standard InChI is InChI=1S/C22H27NO7/c1-22(2,3)18-16(20(27-4)28-5)11-15(30-18)12-17(19(24)25)23-21(26)29-13-14-9-7-6-8-10-14/h6-11,20H,12-13H2,1-5H3,(H,24,25).